The third-order valence-electron chi connectivity index (χ3n) is 4.11. The SMILES string of the molecule is COC1CCN(CC(O)COc2cc(C)ccc2C)CC1. The van der Waals surface area contributed by atoms with E-state index in [0.29, 0.717) is 19.3 Å². The Bertz CT molecular complexity index is 442. The van der Waals surface area contributed by atoms with Gasteiger partial charge in [0.05, 0.1) is 6.10 Å². The van der Waals surface area contributed by atoms with E-state index in [2.05, 4.69) is 11.0 Å². The zero-order chi connectivity index (χ0) is 15.2. The van der Waals surface area contributed by atoms with Crippen LogP contribution in [0.4, 0.5) is 0 Å². The molecule has 1 aliphatic rings. The lowest BCUT2D eigenvalue weighted by molar-refractivity contribution is 0.0152. The number of ether oxygens (including phenoxy) is 2. The van der Waals surface area contributed by atoms with Gasteiger partial charge in [-0.2, -0.15) is 0 Å². The van der Waals surface area contributed by atoms with E-state index in [0.717, 1.165) is 37.2 Å². The first-order chi connectivity index (χ1) is 10.1. The van der Waals surface area contributed by atoms with Crippen molar-refractivity contribution in [2.75, 3.05) is 33.4 Å². The molecular formula is C17H27NO3. The van der Waals surface area contributed by atoms with Crippen LogP contribution in [0.1, 0.15) is 24.0 Å². The number of likely N-dealkylation sites (tertiary alicyclic amines) is 1. The molecule has 2 rings (SSSR count). The lowest BCUT2D eigenvalue weighted by Crippen LogP contribution is -2.42. The molecule has 21 heavy (non-hydrogen) atoms. The summed E-state index contributed by atoms with van der Waals surface area (Å²) in [6.45, 7) is 7.05. The number of piperidine rings is 1. The molecule has 0 saturated carbocycles. The van der Waals surface area contributed by atoms with Gasteiger partial charge >= 0.3 is 0 Å². The standard InChI is InChI=1S/C17H27NO3/c1-13-4-5-14(2)17(10-13)21-12-15(19)11-18-8-6-16(20-3)7-9-18/h4-5,10,15-16,19H,6-9,11-12H2,1-3H3. The Balaban J connectivity index is 1.75. The number of hydrogen-bond donors (Lipinski definition) is 1. The molecule has 1 atom stereocenters. The van der Waals surface area contributed by atoms with E-state index in [-0.39, 0.29) is 0 Å². The quantitative estimate of drug-likeness (QED) is 0.873. The van der Waals surface area contributed by atoms with Crippen molar-refractivity contribution < 1.29 is 14.6 Å². The molecule has 1 aliphatic heterocycles. The highest BCUT2D eigenvalue weighted by Gasteiger charge is 2.20. The Kier molecular flexibility index (Phi) is 6.03. The van der Waals surface area contributed by atoms with Crippen LogP contribution in [-0.2, 0) is 4.74 Å². The third-order valence-corrected chi connectivity index (χ3v) is 4.11. The van der Waals surface area contributed by atoms with Gasteiger partial charge in [-0.25, -0.2) is 0 Å². The van der Waals surface area contributed by atoms with Crippen molar-refractivity contribution in [3.05, 3.63) is 29.3 Å². The predicted octanol–water partition coefficient (Wildman–Crippen LogP) is 2.15. The molecule has 1 saturated heterocycles. The molecular weight excluding hydrogens is 266 g/mol. The summed E-state index contributed by atoms with van der Waals surface area (Å²) in [6, 6.07) is 6.14. The fourth-order valence-corrected chi connectivity index (χ4v) is 2.73. The first-order valence-electron chi connectivity index (χ1n) is 7.71. The number of aryl methyl sites for hydroxylation is 2. The summed E-state index contributed by atoms with van der Waals surface area (Å²) in [7, 11) is 1.77. The molecule has 4 heteroatoms. The summed E-state index contributed by atoms with van der Waals surface area (Å²) in [5.41, 5.74) is 2.28. The maximum atomic E-state index is 10.1. The molecule has 0 aliphatic carbocycles. The Morgan fingerprint density at radius 3 is 2.67 bits per heavy atom. The van der Waals surface area contributed by atoms with Gasteiger partial charge in [-0.3, -0.25) is 0 Å². The van der Waals surface area contributed by atoms with E-state index >= 15 is 0 Å². The van der Waals surface area contributed by atoms with Crippen LogP contribution in [-0.4, -0.2) is 55.6 Å². The largest absolute Gasteiger partial charge is 0.491 e. The molecule has 1 aromatic carbocycles. The highest BCUT2D eigenvalue weighted by Crippen LogP contribution is 2.19. The van der Waals surface area contributed by atoms with E-state index in [1.54, 1.807) is 7.11 Å². The van der Waals surface area contributed by atoms with E-state index in [4.69, 9.17) is 9.47 Å². The predicted molar refractivity (Wildman–Crippen MR) is 83.9 cm³/mol. The molecule has 0 amide bonds. The molecule has 0 aromatic heterocycles. The van der Waals surface area contributed by atoms with Crippen LogP contribution in [0.3, 0.4) is 0 Å². The van der Waals surface area contributed by atoms with Crippen LogP contribution in [0, 0.1) is 13.8 Å². The topological polar surface area (TPSA) is 41.9 Å². The smallest absolute Gasteiger partial charge is 0.122 e. The van der Waals surface area contributed by atoms with Crippen LogP contribution >= 0.6 is 0 Å². The van der Waals surface area contributed by atoms with E-state index in [1.165, 1.54) is 5.56 Å². The lowest BCUT2D eigenvalue weighted by Gasteiger charge is -2.32. The van der Waals surface area contributed by atoms with Gasteiger partial charge < -0.3 is 19.5 Å². The average Bonchev–Trinajstić information content (AvgIpc) is 2.49. The minimum absolute atomic E-state index is 0.342. The van der Waals surface area contributed by atoms with Crippen molar-refractivity contribution >= 4 is 0 Å². The van der Waals surface area contributed by atoms with Gasteiger partial charge in [-0.15, -0.1) is 0 Å². The first kappa shape index (κ1) is 16.3. The zero-order valence-corrected chi connectivity index (χ0v) is 13.3. The molecule has 0 spiro atoms. The highest BCUT2D eigenvalue weighted by molar-refractivity contribution is 5.35. The molecule has 1 N–H and O–H groups in total. The molecule has 0 radical (unpaired) electrons. The minimum atomic E-state index is -0.455. The Morgan fingerprint density at radius 2 is 2.00 bits per heavy atom. The number of aliphatic hydroxyl groups is 1. The summed E-state index contributed by atoms with van der Waals surface area (Å²) in [5, 5.41) is 10.1. The lowest BCUT2D eigenvalue weighted by atomic mass is 10.1. The number of methoxy groups -OCH3 is 1. The number of β-amino-alcohol motifs (C(OH)–C–C–N with tert-alkyl or cyclic N) is 1. The number of nitrogens with zero attached hydrogens (tertiary/aromatic N) is 1. The Morgan fingerprint density at radius 1 is 1.29 bits per heavy atom. The second kappa shape index (κ2) is 7.78. The molecule has 1 fully saturated rings. The van der Waals surface area contributed by atoms with Crippen LogP contribution in [0.25, 0.3) is 0 Å². The zero-order valence-electron chi connectivity index (χ0n) is 13.3. The monoisotopic (exact) mass is 293 g/mol. The number of benzene rings is 1. The van der Waals surface area contributed by atoms with Crippen molar-refractivity contribution in [2.24, 2.45) is 0 Å². The van der Waals surface area contributed by atoms with Gasteiger partial charge in [0, 0.05) is 26.7 Å². The van der Waals surface area contributed by atoms with Crippen LogP contribution in [0.2, 0.25) is 0 Å². The second-order valence-corrected chi connectivity index (χ2v) is 5.97. The second-order valence-electron chi connectivity index (χ2n) is 5.97. The van der Waals surface area contributed by atoms with Crippen molar-refractivity contribution in [3.8, 4) is 5.75 Å². The Labute approximate surface area is 127 Å². The summed E-state index contributed by atoms with van der Waals surface area (Å²) < 4.78 is 11.1. The maximum absolute atomic E-state index is 10.1. The van der Waals surface area contributed by atoms with Crippen LogP contribution < -0.4 is 4.74 Å². The molecule has 1 aromatic rings. The molecule has 118 valence electrons. The fourth-order valence-electron chi connectivity index (χ4n) is 2.73. The summed E-state index contributed by atoms with van der Waals surface area (Å²) in [6.07, 6.45) is 2.01. The minimum Gasteiger partial charge on any atom is -0.491 e. The van der Waals surface area contributed by atoms with E-state index in [9.17, 15) is 5.11 Å². The van der Waals surface area contributed by atoms with Gasteiger partial charge in [-0.05, 0) is 43.9 Å². The number of rotatable bonds is 6. The van der Waals surface area contributed by atoms with Gasteiger partial charge in [-0.1, -0.05) is 12.1 Å². The average molecular weight is 293 g/mol. The van der Waals surface area contributed by atoms with Gasteiger partial charge in [0.2, 0.25) is 0 Å². The van der Waals surface area contributed by atoms with Crippen molar-refractivity contribution in [1.29, 1.82) is 0 Å². The van der Waals surface area contributed by atoms with Crippen LogP contribution in [0.15, 0.2) is 18.2 Å². The van der Waals surface area contributed by atoms with E-state index in [1.807, 2.05) is 26.0 Å². The fraction of sp³-hybridized carbons (Fsp3) is 0.647. The van der Waals surface area contributed by atoms with Gasteiger partial charge in [0.15, 0.2) is 0 Å². The van der Waals surface area contributed by atoms with Crippen molar-refractivity contribution in [2.45, 2.75) is 38.9 Å². The summed E-state index contributed by atoms with van der Waals surface area (Å²) in [4.78, 5) is 2.28. The number of hydrogen-bond acceptors (Lipinski definition) is 4. The van der Waals surface area contributed by atoms with Crippen molar-refractivity contribution in [3.63, 3.8) is 0 Å². The molecule has 0 bridgehead atoms. The summed E-state index contributed by atoms with van der Waals surface area (Å²) in [5.74, 6) is 0.868. The first-order valence-corrected chi connectivity index (χ1v) is 7.71. The Hall–Kier alpha value is -1.10. The molecule has 1 unspecified atom stereocenters. The van der Waals surface area contributed by atoms with Crippen LogP contribution in [0.5, 0.6) is 5.75 Å². The number of aliphatic hydroxyl groups excluding tert-OH is 1. The maximum Gasteiger partial charge on any atom is 0.122 e. The summed E-state index contributed by atoms with van der Waals surface area (Å²) >= 11 is 0. The van der Waals surface area contributed by atoms with Crippen molar-refractivity contribution in [1.82, 2.24) is 4.90 Å². The molecule has 4 nitrogen and oxygen atoms in total. The van der Waals surface area contributed by atoms with Gasteiger partial charge in [0.25, 0.3) is 0 Å². The highest BCUT2D eigenvalue weighted by atomic mass is 16.5. The third kappa shape index (κ3) is 4.99. The molecule has 1 heterocycles. The van der Waals surface area contributed by atoms with Gasteiger partial charge in [0.1, 0.15) is 18.5 Å². The van der Waals surface area contributed by atoms with E-state index < -0.39 is 6.10 Å². The normalized spacial score (nSPS) is 18.7.